The van der Waals surface area contributed by atoms with Gasteiger partial charge in [0.25, 0.3) is 0 Å². The molecule has 1 aliphatic rings. The molecule has 15 heavy (non-hydrogen) atoms. The van der Waals surface area contributed by atoms with Crippen molar-refractivity contribution in [1.82, 2.24) is 0 Å². The lowest BCUT2D eigenvalue weighted by Gasteiger charge is -2.23. The molecular weight excluding hydrogens is 184 g/mol. The highest BCUT2D eigenvalue weighted by Crippen LogP contribution is 2.29. The number of hydrogen-bond acceptors (Lipinski definition) is 2. The van der Waals surface area contributed by atoms with Crippen molar-refractivity contribution in [2.24, 2.45) is 5.73 Å². The van der Waals surface area contributed by atoms with Gasteiger partial charge in [-0.05, 0) is 24.0 Å². The Balaban J connectivity index is 2.27. The zero-order chi connectivity index (χ0) is 10.8. The van der Waals surface area contributed by atoms with Crippen molar-refractivity contribution in [3.05, 3.63) is 29.8 Å². The molecule has 2 nitrogen and oxygen atoms in total. The van der Waals surface area contributed by atoms with Crippen LogP contribution in [0, 0.1) is 0 Å². The fraction of sp³-hybridized carbons (Fsp3) is 0.538. The number of para-hydroxylation sites is 1. The molecule has 1 aromatic rings. The fourth-order valence-corrected chi connectivity index (χ4v) is 2.27. The molecule has 0 radical (unpaired) electrons. The van der Waals surface area contributed by atoms with Gasteiger partial charge in [-0.15, -0.1) is 0 Å². The SMILES string of the molecule is CC(C)c1ccccc1N1CCC(N)C1. The van der Waals surface area contributed by atoms with E-state index in [2.05, 4.69) is 43.0 Å². The van der Waals surface area contributed by atoms with Crippen LogP contribution in [0.25, 0.3) is 0 Å². The molecule has 1 atom stereocenters. The molecule has 0 spiro atoms. The number of rotatable bonds is 2. The van der Waals surface area contributed by atoms with Gasteiger partial charge >= 0.3 is 0 Å². The first-order valence-corrected chi connectivity index (χ1v) is 5.78. The van der Waals surface area contributed by atoms with Gasteiger partial charge in [0.2, 0.25) is 0 Å². The van der Waals surface area contributed by atoms with E-state index < -0.39 is 0 Å². The minimum atomic E-state index is 0.352. The highest BCUT2D eigenvalue weighted by Gasteiger charge is 2.21. The van der Waals surface area contributed by atoms with Crippen molar-refractivity contribution in [3.8, 4) is 0 Å². The maximum Gasteiger partial charge on any atom is 0.0401 e. The molecule has 0 aromatic heterocycles. The standard InChI is InChI=1S/C13H20N2/c1-10(2)12-5-3-4-6-13(12)15-8-7-11(14)9-15/h3-6,10-11H,7-9,14H2,1-2H3. The average molecular weight is 204 g/mol. The van der Waals surface area contributed by atoms with E-state index in [1.807, 2.05) is 0 Å². The maximum absolute atomic E-state index is 5.95. The smallest absolute Gasteiger partial charge is 0.0401 e. The zero-order valence-corrected chi connectivity index (χ0v) is 9.61. The fourth-order valence-electron chi connectivity index (χ4n) is 2.27. The molecule has 1 saturated heterocycles. The summed E-state index contributed by atoms with van der Waals surface area (Å²) in [6, 6.07) is 9.03. The minimum absolute atomic E-state index is 0.352. The van der Waals surface area contributed by atoms with Crippen LogP contribution < -0.4 is 10.6 Å². The Morgan fingerprint density at radius 2 is 2.07 bits per heavy atom. The van der Waals surface area contributed by atoms with Crippen LogP contribution in [0.2, 0.25) is 0 Å². The molecular formula is C13H20N2. The van der Waals surface area contributed by atoms with Crippen molar-refractivity contribution < 1.29 is 0 Å². The van der Waals surface area contributed by atoms with Crippen LogP contribution in [0.5, 0.6) is 0 Å². The molecule has 1 aliphatic heterocycles. The van der Waals surface area contributed by atoms with Gasteiger partial charge in [0.15, 0.2) is 0 Å². The van der Waals surface area contributed by atoms with Gasteiger partial charge in [0.05, 0.1) is 0 Å². The van der Waals surface area contributed by atoms with E-state index in [1.165, 1.54) is 11.3 Å². The predicted octanol–water partition coefficient (Wildman–Crippen LogP) is 2.35. The Morgan fingerprint density at radius 1 is 1.33 bits per heavy atom. The second-order valence-electron chi connectivity index (χ2n) is 4.71. The summed E-state index contributed by atoms with van der Waals surface area (Å²) < 4.78 is 0. The molecule has 2 heteroatoms. The van der Waals surface area contributed by atoms with Crippen molar-refractivity contribution in [1.29, 1.82) is 0 Å². The quantitative estimate of drug-likeness (QED) is 0.801. The Kier molecular flexibility index (Phi) is 2.96. The largest absolute Gasteiger partial charge is 0.370 e. The van der Waals surface area contributed by atoms with E-state index in [0.717, 1.165) is 19.5 Å². The summed E-state index contributed by atoms with van der Waals surface area (Å²) in [6.07, 6.45) is 1.12. The molecule has 0 amide bonds. The highest BCUT2D eigenvalue weighted by molar-refractivity contribution is 5.55. The third-order valence-electron chi connectivity index (χ3n) is 3.12. The van der Waals surface area contributed by atoms with Crippen molar-refractivity contribution >= 4 is 5.69 Å². The topological polar surface area (TPSA) is 29.3 Å². The lowest BCUT2D eigenvalue weighted by Crippen LogP contribution is -2.27. The van der Waals surface area contributed by atoms with Gasteiger partial charge in [0.1, 0.15) is 0 Å². The molecule has 1 unspecified atom stereocenters. The molecule has 1 aromatic carbocycles. The van der Waals surface area contributed by atoms with E-state index in [0.29, 0.717) is 12.0 Å². The summed E-state index contributed by atoms with van der Waals surface area (Å²) in [5.41, 5.74) is 8.76. The molecule has 2 N–H and O–H groups in total. The van der Waals surface area contributed by atoms with Crippen LogP contribution >= 0.6 is 0 Å². The number of hydrogen-bond donors (Lipinski definition) is 1. The van der Waals surface area contributed by atoms with Crippen LogP contribution in [0.15, 0.2) is 24.3 Å². The third kappa shape index (κ3) is 2.15. The van der Waals surface area contributed by atoms with E-state index >= 15 is 0 Å². The predicted molar refractivity (Wildman–Crippen MR) is 65.3 cm³/mol. The lowest BCUT2D eigenvalue weighted by molar-refractivity contribution is 0.751. The van der Waals surface area contributed by atoms with Gasteiger partial charge in [-0.1, -0.05) is 32.0 Å². The van der Waals surface area contributed by atoms with Gasteiger partial charge in [-0.3, -0.25) is 0 Å². The van der Waals surface area contributed by atoms with E-state index in [-0.39, 0.29) is 0 Å². The van der Waals surface area contributed by atoms with Gasteiger partial charge < -0.3 is 10.6 Å². The minimum Gasteiger partial charge on any atom is -0.370 e. The monoisotopic (exact) mass is 204 g/mol. The van der Waals surface area contributed by atoms with Crippen LogP contribution in [-0.4, -0.2) is 19.1 Å². The second kappa shape index (κ2) is 4.23. The summed E-state index contributed by atoms with van der Waals surface area (Å²) in [4.78, 5) is 2.42. The van der Waals surface area contributed by atoms with Crippen molar-refractivity contribution in [3.63, 3.8) is 0 Å². The summed E-state index contributed by atoms with van der Waals surface area (Å²) in [5, 5.41) is 0. The number of nitrogens with zero attached hydrogens (tertiary/aromatic N) is 1. The summed E-state index contributed by atoms with van der Waals surface area (Å²) in [5.74, 6) is 0.582. The van der Waals surface area contributed by atoms with Crippen LogP contribution in [-0.2, 0) is 0 Å². The van der Waals surface area contributed by atoms with E-state index in [1.54, 1.807) is 0 Å². The van der Waals surface area contributed by atoms with Crippen LogP contribution in [0.1, 0.15) is 31.7 Å². The number of nitrogens with two attached hydrogens (primary N) is 1. The first kappa shape index (κ1) is 10.5. The molecule has 1 heterocycles. The van der Waals surface area contributed by atoms with Crippen molar-refractivity contribution in [2.45, 2.75) is 32.2 Å². The Labute approximate surface area is 92.1 Å². The van der Waals surface area contributed by atoms with Gasteiger partial charge in [-0.2, -0.15) is 0 Å². The normalized spacial score (nSPS) is 21.3. The summed E-state index contributed by atoms with van der Waals surface area (Å²) >= 11 is 0. The molecule has 0 aliphatic carbocycles. The highest BCUT2D eigenvalue weighted by atomic mass is 15.2. The number of anilines is 1. The number of benzene rings is 1. The summed E-state index contributed by atoms with van der Waals surface area (Å²) in [6.45, 7) is 6.60. The molecule has 2 rings (SSSR count). The van der Waals surface area contributed by atoms with E-state index in [4.69, 9.17) is 5.73 Å². The van der Waals surface area contributed by atoms with Gasteiger partial charge in [-0.25, -0.2) is 0 Å². The zero-order valence-electron chi connectivity index (χ0n) is 9.61. The first-order chi connectivity index (χ1) is 7.18. The average Bonchev–Trinajstić information content (AvgIpc) is 2.65. The Hall–Kier alpha value is -1.02. The summed E-state index contributed by atoms with van der Waals surface area (Å²) in [7, 11) is 0. The van der Waals surface area contributed by atoms with E-state index in [9.17, 15) is 0 Å². The van der Waals surface area contributed by atoms with Crippen LogP contribution in [0.4, 0.5) is 5.69 Å². The molecule has 0 saturated carbocycles. The Bertz CT molecular complexity index is 333. The molecule has 82 valence electrons. The third-order valence-corrected chi connectivity index (χ3v) is 3.12. The van der Waals surface area contributed by atoms with Crippen LogP contribution in [0.3, 0.4) is 0 Å². The van der Waals surface area contributed by atoms with Gasteiger partial charge in [0, 0.05) is 24.8 Å². The first-order valence-electron chi connectivity index (χ1n) is 5.78. The maximum atomic E-state index is 5.95. The lowest BCUT2D eigenvalue weighted by atomic mass is 10.0. The molecule has 0 bridgehead atoms. The second-order valence-corrected chi connectivity index (χ2v) is 4.71. The van der Waals surface area contributed by atoms with Crippen molar-refractivity contribution in [2.75, 3.05) is 18.0 Å². The Morgan fingerprint density at radius 3 is 2.67 bits per heavy atom. The molecule has 1 fully saturated rings.